The number of pyridine rings is 1. The summed E-state index contributed by atoms with van der Waals surface area (Å²) < 4.78 is 6.17. The van der Waals surface area contributed by atoms with Crippen LogP contribution in [0.1, 0.15) is 21.5 Å². The lowest BCUT2D eigenvalue weighted by atomic mass is 10.0. The molecule has 0 saturated carbocycles. The highest BCUT2D eigenvalue weighted by Crippen LogP contribution is 2.24. The Labute approximate surface area is 175 Å². The van der Waals surface area contributed by atoms with Gasteiger partial charge in [-0.1, -0.05) is 27.5 Å². The van der Waals surface area contributed by atoms with E-state index in [0.29, 0.717) is 32.1 Å². The average Bonchev–Trinajstić information content (AvgIpc) is 2.70. The molecule has 1 amide bonds. The van der Waals surface area contributed by atoms with Crippen LogP contribution in [0, 0.1) is 6.92 Å². The van der Waals surface area contributed by atoms with Gasteiger partial charge in [-0.15, -0.1) is 0 Å². The second-order valence-corrected chi connectivity index (χ2v) is 7.30. The summed E-state index contributed by atoms with van der Waals surface area (Å²) in [6, 6.07) is 13.4. The van der Waals surface area contributed by atoms with Crippen LogP contribution in [0.2, 0.25) is 5.02 Å². The first-order chi connectivity index (χ1) is 13.4. The standard InChI is InChI=1S/C21H16BrClN2O3/c1-13-11-24-9-8-19(13)25-20(26)12-28-16-5-2-14(3-6-16)21(27)17-10-15(23)4-7-18(17)22/h2-11H,12H2,1H3,(H,24,25,26). The molecule has 0 saturated heterocycles. The third-order valence-electron chi connectivity index (χ3n) is 3.95. The largest absolute Gasteiger partial charge is 0.484 e. The Morgan fingerprint density at radius 2 is 1.89 bits per heavy atom. The summed E-state index contributed by atoms with van der Waals surface area (Å²) in [5.41, 5.74) is 2.53. The van der Waals surface area contributed by atoms with E-state index in [2.05, 4.69) is 26.2 Å². The van der Waals surface area contributed by atoms with Gasteiger partial charge in [0.1, 0.15) is 5.75 Å². The maximum Gasteiger partial charge on any atom is 0.262 e. The molecule has 142 valence electrons. The molecule has 3 rings (SSSR count). The molecule has 5 nitrogen and oxygen atoms in total. The topological polar surface area (TPSA) is 68.3 Å². The number of anilines is 1. The van der Waals surface area contributed by atoms with Gasteiger partial charge >= 0.3 is 0 Å². The minimum absolute atomic E-state index is 0.144. The number of carbonyl (C=O) groups excluding carboxylic acids is 2. The predicted molar refractivity (Wildman–Crippen MR) is 112 cm³/mol. The van der Waals surface area contributed by atoms with E-state index in [-0.39, 0.29) is 18.3 Å². The number of hydrogen-bond acceptors (Lipinski definition) is 4. The molecule has 0 unspecified atom stereocenters. The van der Waals surface area contributed by atoms with Crippen LogP contribution in [0.5, 0.6) is 5.75 Å². The van der Waals surface area contributed by atoms with E-state index >= 15 is 0 Å². The summed E-state index contributed by atoms with van der Waals surface area (Å²) in [7, 11) is 0. The Morgan fingerprint density at radius 3 is 2.61 bits per heavy atom. The quantitative estimate of drug-likeness (QED) is 0.524. The van der Waals surface area contributed by atoms with E-state index in [1.165, 1.54) is 0 Å². The lowest BCUT2D eigenvalue weighted by Crippen LogP contribution is -2.20. The van der Waals surface area contributed by atoms with Gasteiger partial charge in [-0.3, -0.25) is 14.6 Å². The zero-order valence-electron chi connectivity index (χ0n) is 14.9. The van der Waals surface area contributed by atoms with Crippen molar-refractivity contribution >= 4 is 44.9 Å². The second kappa shape index (κ2) is 8.99. The van der Waals surface area contributed by atoms with E-state index in [9.17, 15) is 9.59 Å². The molecule has 0 fully saturated rings. The highest BCUT2D eigenvalue weighted by Gasteiger charge is 2.13. The number of benzene rings is 2. The smallest absolute Gasteiger partial charge is 0.262 e. The van der Waals surface area contributed by atoms with Crippen molar-refractivity contribution in [1.29, 1.82) is 0 Å². The third-order valence-corrected chi connectivity index (χ3v) is 4.88. The van der Waals surface area contributed by atoms with E-state index in [4.69, 9.17) is 16.3 Å². The van der Waals surface area contributed by atoms with Crippen molar-refractivity contribution in [1.82, 2.24) is 4.98 Å². The maximum absolute atomic E-state index is 12.6. The van der Waals surface area contributed by atoms with Crippen molar-refractivity contribution < 1.29 is 14.3 Å². The van der Waals surface area contributed by atoms with Crippen LogP contribution in [-0.2, 0) is 4.79 Å². The molecule has 3 aromatic rings. The molecule has 1 N–H and O–H groups in total. The summed E-state index contributed by atoms with van der Waals surface area (Å²) >= 11 is 9.34. The first-order valence-corrected chi connectivity index (χ1v) is 9.54. The van der Waals surface area contributed by atoms with Crippen LogP contribution < -0.4 is 10.1 Å². The van der Waals surface area contributed by atoms with Crippen molar-refractivity contribution in [3.8, 4) is 5.75 Å². The minimum Gasteiger partial charge on any atom is -0.484 e. The Bertz CT molecular complexity index is 1020. The Balaban J connectivity index is 1.61. The van der Waals surface area contributed by atoms with Crippen molar-refractivity contribution in [3.63, 3.8) is 0 Å². The van der Waals surface area contributed by atoms with Crippen molar-refractivity contribution in [2.45, 2.75) is 6.92 Å². The third kappa shape index (κ3) is 4.97. The van der Waals surface area contributed by atoms with Crippen LogP contribution in [-0.4, -0.2) is 23.3 Å². The molecule has 0 bridgehead atoms. The summed E-state index contributed by atoms with van der Waals surface area (Å²) in [6.45, 7) is 1.71. The van der Waals surface area contributed by atoms with Crippen LogP contribution in [0.4, 0.5) is 5.69 Å². The first-order valence-electron chi connectivity index (χ1n) is 8.37. The van der Waals surface area contributed by atoms with Gasteiger partial charge in [-0.2, -0.15) is 0 Å². The Morgan fingerprint density at radius 1 is 1.14 bits per heavy atom. The summed E-state index contributed by atoms with van der Waals surface area (Å²) in [5, 5.41) is 3.26. The van der Waals surface area contributed by atoms with Crippen molar-refractivity contribution in [2.75, 3.05) is 11.9 Å². The summed E-state index contributed by atoms with van der Waals surface area (Å²) in [5.74, 6) is 0.0486. The molecule has 0 aliphatic heterocycles. The van der Waals surface area contributed by atoms with Crippen LogP contribution in [0.3, 0.4) is 0 Å². The maximum atomic E-state index is 12.6. The predicted octanol–water partition coefficient (Wildman–Crippen LogP) is 5.05. The number of amides is 1. The van der Waals surface area contributed by atoms with Crippen molar-refractivity contribution in [3.05, 3.63) is 87.1 Å². The van der Waals surface area contributed by atoms with Gasteiger partial charge in [0.25, 0.3) is 5.91 Å². The van der Waals surface area contributed by atoms with E-state index in [1.54, 1.807) is 60.9 Å². The summed E-state index contributed by atoms with van der Waals surface area (Å²) in [6.07, 6.45) is 3.28. The molecule has 28 heavy (non-hydrogen) atoms. The molecular weight excluding hydrogens is 444 g/mol. The lowest BCUT2D eigenvalue weighted by molar-refractivity contribution is -0.118. The Kier molecular flexibility index (Phi) is 6.44. The number of nitrogens with zero attached hydrogens (tertiary/aromatic N) is 1. The second-order valence-electron chi connectivity index (χ2n) is 6.01. The van der Waals surface area contributed by atoms with E-state index in [0.717, 1.165) is 5.56 Å². The minimum atomic E-state index is -0.280. The zero-order valence-corrected chi connectivity index (χ0v) is 17.3. The number of nitrogens with one attached hydrogen (secondary N) is 1. The fraction of sp³-hybridized carbons (Fsp3) is 0.0952. The molecule has 1 heterocycles. The molecule has 0 aliphatic carbocycles. The fourth-order valence-electron chi connectivity index (χ4n) is 2.48. The van der Waals surface area contributed by atoms with Crippen molar-refractivity contribution in [2.24, 2.45) is 0 Å². The SMILES string of the molecule is Cc1cnccc1NC(=O)COc1ccc(C(=O)c2cc(Cl)ccc2Br)cc1. The van der Waals surface area contributed by atoms with Gasteiger partial charge in [-0.25, -0.2) is 0 Å². The van der Waals surface area contributed by atoms with Crippen LogP contribution in [0.15, 0.2) is 65.4 Å². The highest BCUT2D eigenvalue weighted by molar-refractivity contribution is 9.10. The zero-order chi connectivity index (χ0) is 20.1. The first kappa shape index (κ1) is 20.0. The van der Waals surface area contributed by atoms with Gasteiger partial charge in [-0.05, 0) is 61.0 Å². The van der Waals surface area contributed by atoms with Gasteiger partial charge in [0.15, 0.2) is 12.4 Å². The van der Waals surface area contributed by atoms with Gasteiger partial charge < -0.3 is 10.1 Å². The van der Waals surface area contributed by atoms with E-state index < -0.39 is 0 Å². The monoisotopic (exact) mass is 458 g/mol. The lowest BCUT2D eigenvalue weighted by Gasteiger charge is -2.10. The number of aryl methyl sites for hydroxylation is 1. The molecule has 0 atom stereocenters. The molecule has 2 aromatic carbocycles. The molecule has 0 spiro atoms. The number of carbonyl (C=O) groups is 2. The molecule has 1 aromatic heterocycles. The number of halogens is 2. The number of ether oxygens (including phenoxy) is 1. The number of aromatic nitrogens is 1. The number of rotatable bonds is 6. The van der Waals surface area contributed by atoms with Crippen LogP contribution in [0.25, 0.3) is 0 Å². The fourth-order valence-corrected chi connectivity index (χ4v) is 3.08. The molecular formula is C21H16BrClN2O3. The normalized spacial score (nSPS) is 10.4. The molecule has 0 radical (unpaired) electrons. The van der Waals surface area contributed by atoms with Gasteiger partial charge in [0, 0.05) is 38.7 Å². The van der Waals surface area contributed by atoms with E-state index in [1.807, 2.05) is 6.92 Å². The summed E-state index contributed by atoms with van der Waals surface area (Å²) in [4.78, 5) is 28.7. The Hall–Kier alpha value is -2.70. The molecule has 7 heteroatoms. The number of hydrogen-bond donors (Lipinski definition) is 1. The number of ketones is 1. The van der Waals surface area contributed by atoms with Crippen LogP contribution >= 0.6 is 27.5 Å². The van der Waals surface area contributed by atoms with Gasteiger partial charge in [0.05, 0.1) is 0 Å². The van der Waals surface area contributed by atoms with Gasteiger partial charge in [0.2, 0.25) is 0 Å². The average molecular weight is 460 g/mol. The highest BCUT2D eigenvalue weighted by atomic mass is 79.9. The molecule has 0 aliphatic rings.